The van der Waals surface area contributed by atoms with Gasteiger partial charge in [-0.2, -0.15) is 0 Å². The van der Waals surface area contributed by atoms with Crippen molar-refractivity contribution in [1.29, 1.82) is 0 Å². The maximum absolute atomic E-state index is 11.7. The number of rotatable bonds is 5. The number of nitrogens with zero attached hydrogens (tertiary/aromatic N) is 1. The Morgan fingerprint density at radius 1 is 1.33 bits per heavy atom. The van der Waals surface area contributed by atoms with Crippen molar-refractivity contribution >= 4 is 12.0 Å². The van der Waals surface area contributed by atoms with E-state index in [4.69, 9.17) is 10.2 Å². The Morgan fingerprint density at radius 3 is 2.50 bits per heavy atom. The van der Waals surface area contributed by atoms with Gasteiger partial charge in [-0.25, -0.2) is 9.59 Å². The summed E-state index contributed by atoms with van der Waals surface area (Å²) in [5, 5.41) is 19.9. The van der Waals surface area contributed by atoms with Crippen LogP contribution in [0.5, 0.6) is 0 Å². The molecule has 1 rings (SSSR count). The van der Waals surface area contributed by atoms with Gasteiger partial charge in [0.25, 0.3) is 0 Å². The van der Waals surface area contributed by atoms with Gasteiger partial charge in [-0.15, -0.1) is 0 Å². The standard InChI is InChI=1S/C12H22N2O4/c1-14(8-9-5-3-2-4-6-9)12(18)13-7-10(15)11(16)17/h9-10,15H,2-8H2,1H3,(H,13,18)(H,16,17). The minimum absolute atomic E-state index is 0.261. The number of urea groups is 1. The zero-order valence-electron chi connectivity index (χ0n) is 10.8. The van der Waals surface area contributed by atoms with Gasteiger partial charge in [-0.1, -0.05) is 19.3 Å². The van der Waals surface area contributed by atoms with Crippen LogP contribution < -0.4 is 5.32 Å². The van der Waals surface area contributed by atoms with E-state index in [0.29, 0.717) is 12.5 Å². The second kappa shape index (κ2) is 7.20. The summed E-state index contributed by atoms with van der Waals surface area (Å²) in [6.45, 7) is 0.429. The molecule has 0 aromatic carbocycles. The lowest BCUT2D eigenvalue weighted by Gasteiger charge is -2.27. The zero-order valence-corrected chi connectivity index (χ0v) is 10.8. The van der Waals surface area contributed by atoms with Gasteiger partial charge in [-0.05, 0) is 18.8 Å². The van der Waals surface area contributed by atoms with Gasteiger partial charge in [0.05, 0.1) is 6.54 Å². The molecule has 0 aromatic heterocycles. The fourth-order valence-electron chi connectivity index (χ4n) is 2.25. The number of carboxylic acids is 1. The molecule has 1 unspecified atom stereocenters. The van der Waals surface area contributed by atoms with Crippen LogP contribution in [-0.2, 0) is 4.79 Å². The highest BCUT2D eigenvalue weighted by atomic mass is 16.4. The first-order chi connectivity index (χ1) is 8.50. The minimum Gasteiger partial charge on any atom is -0.479 e. The fraction of sp³-hybridized carbons (Fsp3) is 0.833. The summed E-state index contributed by atoms with van der Waals surface area (Å²) in [6.07, 6.45) is 4.47. The van der Waals surface area contributed by atoms with Gasteiger partial charge in [0.1, 0.15) is 0 Å². The first-order valence-electron chi connectivity index (χ1n) is 6.40. The van der Waals surface area contributed by atoms with Gasteiger partial charge in [0.15, 0.2) is 6.10 Å². The number of aliphatic hydroxyl groups excluding tert-OH is 1. The Labute approximate surface area is 107 Å². The maximum Gasteiger partial charge on any atom is 0.334 e. The number of carbonyl (C=O) groups is 2. The predicted octanol–water partition coefficient (Wildman–Crippen LogP) is 0.654. The molecule has 104 valence electrons. The quantitative estimate of drug-likeness (QED) is 0.675. The fourth-order valence-corrected chi connectivity index (χ4v) is 2.25. The van der Waals surface area contributed by atoms with Crippen LogP contribution in [0.4, 0.5) is 4.79 Å². The Balaban J connectivity index is 2.25. The SMILES string of the molecule is CN(CC1CCCCC1)C(=O)NCC(O)C(=O)O. The van der Waals surface area contributed by atoms with Crippen molar-refractivity contribution in [2.24, 2.45) is 5.92 Å². The molecule has 1 atom stereocenters. The van der Waals surface area contributed by atoms with Crippen molar-refractivity contribution in [2.75, 3.05) is 20.1 Å². The van der Waals surface area contributed by atoms with Crippen LogP contribution >= 0.6 is 0 Å². The molecule has 1 saturated carbocycles. The van der Waals surface area contributed by atoms with Crippen LogP contribution in [0.3, 0.4) is 0 Å². The van der Waals surface area contributed by atoms with E-state index in [9.17, 15) is 9.59 Å². The molecular formula is C12H22N2O4. The molecule has 0 heterocycles. The van der Waals surface area contributed by atoms with E-state index in [0.717, 1.165) is 12.8 Å². The van der Waals surface area contributed by atoms with Crippen LogP contribution in [0.2, 0.25) is 0 Å². The zero-order chi connectivity index (χ0) is 13.5. The summed E-state index contributed by atoms with van der Waals surface area (Å²) in [5.74, 6) is -0.788. The summed E-state index contributed by atoms with van der Waals surface area (Å²) in [7, 11) is 1.69. The monoisotopic (exact) mass is 258 g/mol. The summed E-state index contributed by atoms with van der Waals surface area (Å²) in [5.41, 5.74) is 0. The number of nitrogens with one attached hydrogen (secondary N) is 1. The summed E-state index contributed by atoms with van der Waals surface area (Å²) in [4.78, 5) is 23.6. The predicted molar refractivity (Wildman–Crippen MR) is 66.2 cm³/mol. The second-order valence-electron chi connectivity index (χ2n) is 4.92. The molecule has 18 heavy (non-hydrogen) atoms. The topological polar surface area (TPSA) is 89.9 Å². The Morgan fingerprint density at radius 2 is 1.94 bits per heavy atom. The average molecular weight is 258 g/mol. The highest BCUT2D eigenvalue weighted by Crippen LogP contribution is 2.23. The van der Waals surface area contributed by atoms with Crippen LogP contribution in [0.15, 0.2) is 0 Å². The van der Waals surface area contributed by atoms with Gasteiger partial charge in [0.2, 0.25) is 0 Å². The Kier molecular flexibility index (Phi) is 5.91. The highest BCUT2D eigenvalue weighted by molar-refractivity contribution is 5.76. The van der Waals surface area contributed by atoms with Crippen LogP contribution in [-0.4, -0.2) is 53.4 Å². The molecular weight excluding hydrogens is 236 g/mol. The van der Waals surface area contributed by atoms with E-state index in [-0.39, 0.29) is 12.6 Å². The molecule has 0 spiro atoms. The van der Waals surface area contributed by atoms with Gasteiger partial charge >= 0.3 is 12.0 Å². The maximum atomic E-state index is 11.7. The Hall–Kier alpha value is -1.30. The lowest BCUT2D eigenvalue weighted by atomic mass is 9.89. The molecule has 0 saturated heterocycles. The van der Waals surface area contributed by atoms with Crippen molar-refractivity contribution < 1.29 is 19.8 Å². The van der Waals surface area contributed by atoms with Gasteiger partial charge < -0.3 is 20.4 Å². The molecule has 1 fully saturated rings. The first kappa shape index (κ1) is 14.8. The van der Waals surface area contributed by atoms with E-state index in [1.807, 2.05) is 0 Å². The molecule has 6 nitrogen and oxygen atoms in total. The smallest absolute Gasteiger partial charge is 0.334 e. The van der Waals surface area contributed by atoms with Gasteiger partial charge in [0, 0.05) is 13.6 Å². The number of hydrogen-bond acceptors (Lipinski definition) is 3. The molecule has 0 aliphatic heterocycles. The number of amides is 2. The summed E-state index contributed by atoms with van der Waals surface area (Å²) < 4.78 is 0. The van der Waals surface area contributed by atoms with Crippen molar-refractivity contribution in [1.82, 2.24) is 10.2 Å². The summed E-state index contributed by atoms with van der Waals surface area (Å²) >= 11 is 0. The molecule has 0 bridgehead atoms. The largest absolute Gasteiger partial charge is 0.479 e. The van der Waals surface area contributed by atoms with Crippen molar-refractivity contribution in [3.05, 3.63) is 0 Å². The van der Waals surface area contributed by atoms with Crippen LogP contribution in [0, 0.1) is 5.92 Å². The minimum atomic E-state index is -1.54. The van der Waals surface area contributed by atoms with Crippen molar-refractivity contribution in [3.8, 4) is 0 Å². The van der Waals surface area contributed by atoms with E-state index >= 15 is 0 Å². The van der Waals surface area contributed by atoms with Crippen molar-refractivity contribution in [3.63, 3.8) is 0 Å². The number of aliphatic hydroxyl groups is 1. The summed E-state index contributed by atoms with van der Waals surface area (Å²) in [6, 6.07) is -0.333. The van der Waals surface area contributed by atoms with E-state index < -0.39 is 12.1 Å². The van der Waals surface area contributed by atoms with Gasteiger partial charge in [-0.3, -0.25) is 0 Å². The van der Waals surface area contributed by atoms with Crippen LogP contribution in [0.1, 0.15) is 32.1 Å². The molecule has 0 aromatic rings. The first-order valence-corrected chi connectivity index (χ1v) is 6.40. The molecule has 2 amide bonds. The Bertz CT molecular complexity index is 290. The highest BCUT2D eigenvalue weighted by Gasteiger charge is 2.19. The molecule has 3 N–H and O–H groups in total. The third kappa shape index (κ3) is 4.91. The van der Waals surface area contributed by atoms with E-state index in [1.165, 1.54) is 19.3 Å². The van der Waals surface area contributed by atoms with E-state index in [2.05, 4.69) is 5.32 Å². The second-order valence-corrected chi connectivity index (χ2v) is 4.92. The lowest BCUT2D eigenvalue weighted by molar-refractivity contribution is -0.146. The molecule has 1 aliphatic rings. The molecule has 1 aliphatic carbocycles. The number of carboxylic acid groups (broad SMARTS) is 1. The van der Waals surface area contributed by atoms with E-state index in [1.54, 1.807) is 11.9 Å². The normalized spacial score (nSPS) is 18.1. The van der Waals surface area contributed by atoms with Crippen LogP contribution in [0.25, 0.3) is 0 Å². The third-order valence-electron chi connectivity index (χ3n) is 3.34. The lowest BCUT2D eigenvalue weighted by Crippen LogP contribution is -2.44. The number of carbonyl (C=O) groups excluding carboxylic acids is 1. The number of hydrogen-bond donors (Lipinski definition) is 3. The molecule has 6 heteroatoms. The van der Waals surface area contributed by atoms with Crippen molar-refractivity contribution in [2.45, 2.75) is 38.2 Å². The molecule has 0 radical (unpaired) electrons. The third-order valence-corrected chi connectivity index (χ3v) is 3.34. The number of aliphatic carboxylic acids is 1. The average Bonchev–Trinajstić information content (AvgIpc) is 2.36.